The van der Waals surface area contributed by atoms with Gasteiger partial charge in [0.1, 0.15) is 5.75 Å². The zero-order chi connectivity index (χ0) is 13.8. The Kier molecular flexibility index (Phi) is 4.46. The highest BCUT2D eigenvalue weighted by atomic mass is 16.5. The summed E-state index contributed by atoms with van der Waals surface area (Å²) in [5, 5.41) is 3.03. The van der Waals surface area contributed by atoms with Gasteiger partial charge in [-0.1, -0.05) is 6.07 Å². The summed E-state index contributed by atoms with van der Waals surface area (Å²) in [6.07, 6.45) is 2.92. The van der Waals surface area contributed by atoms with Crippen LogP contribution in [-0.2, 0) is 4.79 Å². The second-order valence-electron chi connectivity index (χ2n) is 5.62. The fourth-order valence-corrected chi connectivity index (χ4v) is 2.32. The SMILES string of the molecule is Cc1cc(C)cc(OCCC(=O)NC(C)C2CC2)c1. The Morgan fingerprint density at radius 3 is 2.53 bits per heavy atom. The van der Waals surface area contributed by atoms with Gasteiger partial charge in [0.05, 0.1) is 13.0 Å². The molecule has 1 saturated carbocycles. The van der Waals surface area contributed by atoms with Crippen LogP contribution in [0.15, 0.2) is 18.2 Å². The van der Waals surface area contributed by atoms with Crippen molar-refractivity contribution in [3.05, 3.63) is 29.3 Å². The molecule has 0 spiro atoms. The Hall–Kier alpha value is -1.51. The van der Waals surface area contributed by atoms with Crippen molar-refractivity contribution in [2.24, 2.45) is 5.92 Å². The molecule has 0 bridgehead atoms. The highest BCUT2D eigenvalue weighted by Crippen LogP contribution is 2.32. The van der Waals surface area contributed by atoms with Gasteiger partial charge >= 0.3 is 0 Å². The van der Waals surface area contributed by atoms with Crippen molar-refractivity contribution in [1.82, 2.24) is 5.32 Å². The third kappa shape index (κ3) is 4.58. The maximum atomic E-state index is 11.7. The molecule has 3 nitrogen and oxygen atoms in total. The number of rotatable bonds is 6. The summed E-state index contributed by atoms with van der Waals surface area (Å²) >= 11 is 0. The number of ether oxygens (including phenoxy) is 1. The maximum Gasteiger partial charge on any atom is 0.223 e. The zero-order valence-electron chi connectivity index (χ0n) is 12.0. The van der Waals surface area contributed by atoms with Gasteiger partial charge in [0.15, 0.2) is 0 Å². The van der Waals surface area contributed by atoms with Gasteiger partial charge in [-0.05, 0) is 62.8 Å². The van der Waals surface area contributed by atoms with E-state index in [1.54, 1.807) is 0 Å². The fraction of sp³-hybridized carbons (Fsp3) is 0.562. The average Bonchev–Trinajstić information content (AvgIpc) is 3.10. The molecule has 1 unspecified atom stereocenters. The third-order valence-electron chi connectivity index (χ3n) is 3.51. The normalized spacial score (nSPS) is 15.9. The molecule has 0 aliphatic heterocycles. The molecule has 1 N–H and O–H groups in total. The first kappa shape index (κ1) is 13.9. The van der Waals surface area contributed by atoms with Gasteiger partial charge in [-0.3, -0.25) is 4.79 Å². The summed E-state index contributed by atoms with van der Waals surface area (Å²) in [5.41, 5.74) is 2.36. The van der Waals surface area contributed by atoms with E-state index in [1.165, 1.54) is 24.0 Å². The molecule has 104 valence electrons. The number of amides is 1. The molecule has 0 aromatic heterocycles. The zero-order valence-corrected chi connectivity index (χ0v) is 12.0. The van der Waals surface area contributed by atoms with Gasteiger partial charge in [-0.2, -0.15) is 0 Å². The number of nitrogens with one attached hydrogen (secondary N) is 1. The van der Waals surface area contributed by atoms with Crippen molar-refractivity contribution in [2.45, 2.75) is 46.1 Å². The number of carbonyl (C=O) groups is 1. The van der Waals surface area contributed by atoms with Crippen molar-refractivity contribution < 1.29 is 9.53 Å². The van der Waals surface area contributed by atoms with E-state index in [-0.39, 0.29) is 5.91 Å². The lowest BCUT2D eigenvalue weighted by Crippen LogP contribution is -2.34. The Morgan fingerprint density at radius 2 is 1.95 bits per heavy atom. The van der Waals surface area contributed by atoms with Crippen LogP contribution in [0.1, 0.15) is 37.3 Å². The van der Waals surface area contributed by atoms with Crippen molar-refractivity contribution in [2.75, 3.05) is 6.61 Å². The monoisotopic (exact) mass is 261 g/mol. The van der Waals surface area contributed by atoms with Gasteiger partial charge in [0, 0.05) is 6.04 Å². The lowest BCUT2D eigenvalue weighted by molar-refractivity contribution is -0.122. The second kappa shape index (κ2) is 6.09. The first-order valence-corrected chi connectivity index (χ1v) is 7.05. The molecule has 1 aromatic carbocycles. The van der Waals surface area contributed by atoms with Gasteiger partial charge in [-0.15, -0.1) is 0 Å². The molecular weight excluding hydrogens is 238 g/mol. The van der Waals surface area contributed by atoms with E-state index in [0.29, 0.717) is 25.0 Å². The maximum absolute atomic E-state index is 11.7. The predicted molar refractivity (Wildman–Crippen MR) is 76.4 cm³/mol. The average molecular weight is 261 g/mol. The van der Waals surface area contributed by atoms with Crippen LogP contribution < -0.4 is 10.1 Å². The van der Waals surface area contributed by atoms with Gasteiger partial charge in [-0.25, -0.2) is 0 Å². The standard InChI is InChI=1S/C16H23NO2/c1-11-8-12(2)10-15(9-11)19-7-6-16(18)17-13(3)14-4-5-14/h8-10,13-14H,4-7H2,1-3H3,(H,17,18). The van der Waals surface area contributed by atoms with Crippen molar-refractivity contribution in [3.8, 4) is 5.75 Å². The van der Waals surface area contributed by atoms with Crippen molar-refractivity contribution in [3.63, 3.8) is 0 Å². The Balaban J connectivity index is 1.71. The first-order valence-electron chi connectivity index (χ1n) is 7.05. The molecule has 3 heteroatoms. The molecule has 1 fully saturated rings. The quantitative estimate of drug-likeness (QED) is 0.855. The summed E-state index contributed by atoms with van der Waals surface area (Å²) < 4.78 is 5.64. The Bertz CT molecular complexity index is 432. The van der Waals surface area contributed by atoms with E-state index in [1.807, 2.05) is 26.0 Å². The van der Waals surface area contributed by atoms with Crippen LogP contribution in [0.4, 0.5) is 0 Å². The molecule has 1 amide bonds. The minimum absolute atomic E-state index is 0.0868. The van der Waals surface area contributed by atoms with Crippen LogP contribution in [0.5, 0.6) is 5.75 Å². The number of aryl methyl sites for hydroxylation is 2. The molecule has 0 saturated heterocycles. The summed E-state index contributed by atoms with van der Waals surface area (Å²) in [6, 6.07) is 6.42. The lowest BCUT2D eigenvalue weighted by Gasteiger charge is -2.13. The fourth-order valence-electron chi connectivity index (χ4n) is 2.32. The molecule has 1 aliphatic carbocycles. The molecule has 0 heterocycles. The Morgan fingerprint density at radius 1 is 1.32 bits per heavy atom. The van der Waals surface area contributed by atoms with Crippen LogP contribution in [0, 0.1) is 19.8 Å². The van der Waals surface area contributed by atoms with Gasteiger partial charge in [0.2, 0.25) is 5.91 Å². The van der Waals surface area contributed by atoms with E-state index in [4.69, 9.17) is 4.74 Å². The van der Waals surface area contributed by atoms with E-state index < -0.39 is 0 Å². The molecule has 19 heavy (non-hydrogen) atoms. The van der Waals surface area contributed by atoms with Crippen LogP contribution in [0.3, 0.4) is 0 Å². The van der Waals surface area contributed by atoms with Crippen LogP contribution in [0.2, 0.25) is 0 Å². The number of hydrogen-bond acceptors (Lipinski definition) is 2. The smallest absolute Gasteiger partial charge is 0.223 e. The van der Waals surface area contributed by atoms with E-state index >= 15 is 0 Å². The predicted octanol–water partition coefficient (Wildman–Crippen LogP) is 2.99. The summed E-state index contributed by atoms with van der Waals surface area (Å²) in [4.78, 5) is 11.7. The molecule has 0 radical (unpaired) electrons. The Labute approximate surface area is 115 Å². The van der Waals surface area contributed by atoms with Crippen LogP contribution in [0.25, 0.3) is 0 Å². The molecule has 2 rings (SSSR count). The lowest BCUT2D eigenvalue weighted by atomic mass is 10.1. The largest absolute Gasteiger partial charge is 0.493 e. The van der Waals surface area contributed by atoms with Crippen LogP contribution >= 0.6 is 0 Å². The van der Waals surface area contributed by atoms with E-state index in [2.05, 4.69) is 18.3 Å². The molecular formula is C16H23NO2. The van der Waals surface area contributed by atoms with E-state index in [9.17, 15) is 4.79 Å². The first-order chi connectivity index (χ1) is 9.04. The molecule has 1 aromatic rings. The van der Waals surface area contributed by atoms with Crippen molar-refractivity contribution >= 4 is 5.91 Å². The van der Waals surface area contributed by atoms with Crippen LogP contribution in [-0.4, -0.2) is 18.6 Å². The summed E-state index contributed by atoms with van der Waals surface area (Å²) in [5.74, 6) is 1.63. The number of benzene rings is 1. The van der Waals surface area contributed by atoms with Crippen molar-refractivity contribution in [1.29, 1.82) is 0 Å². The topological polar surface area (TPSA) is 38.3 Å². The van der Waals surface area contributed by atoms with Gasteiger partial charge < -0.3 is 10.1 Å². The van der Waals surface area contributed by atoms with Gasteiger partial charge in [0.25, 0.3) is 0 Å². The second-order valence-corrected chi connectivity index (χ2v) is 5.62. The highest BCUT2D eigenvalue weighted by molar-refractivity contribution is 5.76. The summed E-state index contributed by atoms with van der Waals surface area (Å²) in [7, 11) is 0. The molecule has 1 aliphatic rings. The highest BCUT2D eigenvalue weighted by Gasteiger charge is 2.28. The third-order valence-corrected chi connectivity index (χ3v) is 3.51. The number of hydrogen-bond donors (Lipinski definition) is 1. The summed E-state index contributed by atoms with van der Waals surface area (Å²) in [6.45, 7) is 6.61. The molecule has 1 atom stereocenters. The number of carbonyl (C=O) groups excluding carboxylic acids is 1. The minimum atomic E-state index is 0.0868. The minimum Gasteiger partial charge on any atom is -0.493 e. The van der Waals surface area contributed by atoms with E-state index in [0.717, 1.165) is 5.75 Å².